The van der Waals surface area contributed by atoms with E-state index in [1.54, 1.807) is 0 Å². The number of nitrogens with zero attached hydrogens (tertiary/aromatic N) is 4. The van der Waals surface area contributed by atoms with Crippen LogP contribution in [0, 0.1) is 5.92 Å². The van der Waals surface area contributed by atoms with E-state index in [1.165, 1.54) is 32.1 Å². The molecule has 1 saturated carbocycles. The molecule has 3 N–H and O–H groups in total. The van der Waals surface area contributed by atoms with Gasteiger partial charge in [-0.25, -0.2) is 0 Å². The fraction of sp³-hybridized carbons (Fsp3) is 0.786. The molecule has 0 saturated heterocycles. The molecule has 2 rings (SSSR count). The maximum Gasteiger partial charge on any atom is 0.231 e. The molecule has 0 spiro atoms. The highest BCUT2D eigenvalue weighted by Crippen LogP contribution is 2.23. The van der Waals surface area contributed by atoms with Crippen LogP contribution < -0.4 is 16.0 Å². The van der Waals surface area contributed by atoms with Crippen LogP contribution in [0.5, 0.6) is 0 Å². The van der Waals surface area contributed by atoms with E-state index in [0.717, 1.165) is 25.6 Å². The van der Waals surface area contributed by atoms with Crippen LogP contribution in [0.3, 0.4) is 0 Å². The van der Waals surface area contributed by atoms with Crippen LogP contribution in [0.15, 0.2) is 0 Å². The maximum absolute atomic E-state index is 5.79. The van der Waals surface area contributed by atoms with Gasteiger partial charge in [0.1, 0.15) is 0 Å². The average molecular weight is 278 g/mol. The third-order valence-electron chi connectivity index (χ3n) is 3.96. The molecule has 0 bridgehead atoms. The lowest BCUT2D eigenvalue weighted by molar-refractivity contribution is 0.373. The number of hydrogen-bond donors (Lipinski definition) is 2. The molecule has 1 fully saturated rings. The summed E-state index contributed by atoms with van der Waals surface area (Å²) in [4.78, 5) is 14.9. The Hall–Kier alpha value is -1.59. The summed E-state index contributed by atoms with van der Waals surface area (Å²) in [6.07, 6.45) is 6.67. The quantitative estimate of drug-likeness (QED) is 0.831. The third-order valence-corrected chi connectivity index (χ3v) is 3.96. The summed E-state index contributed by atoms with van der Waals surface area (Å²) in [5.41, 5.74) is 5.79. The van der Waals surface area contributed by atoms with E-state index in [-0.39, 0.29) is 5.95 Å². The second kappa shape index (κ2) is 7.26. The van der Waals surface area contributed by atoms with Crippen molar-refractivity contribution in [2.24, 2.45) is 5.92 Å². The summed E-state index contributed by atoms with van der Waals surface area (Å²) in [7, 11) is 0. The van der Waals surface area contributed by atoms with Crippen molar-refractivity contribution in [2.75, 3.05) is 35.6 Å². The predicted molar refractivity (Wildman–Crippen MR) is 82.9 cm³/mol. The summed E-state index contributed by atoms with van der Waals surface area (Å²) in [5, 5.41) is 3.33. The Bertz CT molecular complexity index is 412. The standard InChI is InChI=1S/C14H26N6/c1-3-20(4-2)14-18-12(15)17-13(19-14)16-10-11-8-6-5-7-9-11/h11H,3-10H2,1-2H3,(H3,15,16,17,18,19). The Kier molecular flexibility index (Phi) is 5.38. The number of hydrogen-bond acceptors (Lipinski definition) is 6. The second-order valence-electron chi connectivity index (χ2n) is 5.37. The Morgan fingerprint density at radius 2 is 1.80 bits per heavy atom. The van der Waals surface area contributed by atoms with Crippen LogP contribution in [0.4, 0.5) is 17.8 Å². The Balaban J connectivity index is 1.99. The highest BCUT2D eigenvalue weighted by Gasteiger charge is 2.14. The molecule has 0 aromatic carbocycles. The van der Waals surface area contributed by atoms with Crippen molar-refractivity contribution in [2.45, 2.75) is 46.0 Å². The first kappa shape index (κ1) is 14.8. The zero-order valence-electron chi connectivity index (χ0n) is 12.6. The van der Waals surface area contributed by atoms with Crippen LogP contribution in [0.25, 0.3) is 0 Å². The number of nitrogens with two attached hydrogens (primary N) is 1. The topological polar surface area (TPSA) is 80.0 Å². The molecule has 1 aromatic rings. The van der Waals surface area contributed by atoms with E-state index in [1.807, 2.05) is 0 Å². The van der Waals surface area contributed by atoms with Gasteiger partial charge in [-0.05, 0) is 32.6 Å². The zero-order chi connectivity index (χ0) is 14.4. The highest BCUT2D eigenvalue weighted by molar-refractivity contribution is 5.41. The largest absolute Gasteiger partial charge is 0.368 e. The number of nitrogens with one attached hydrogen (secondary N) is 1. The van der Waals surface area contributed by atoms with Crippen molar-refractivity contribution in [3.63, 3.8) is 0 Å². The fourth-order valence-corrected chi connectivity index (χ4v) is 2.73. The van der Waals surface area contributed by atoms with Gasteiger partial charge in [-0.3, -0.25) is 0 Å². The number of aromatic nitrogens is 3. The van der Waals surface area contributed by atoms with Gasteiger partial charge in [0, 0.05) is 19.6 Å². The van der Waals surface area contributed by atoms with Crippen molar-refractivity contribution in [3.8, 4) is 0 Å². The third kappa shape index (κ3) is 3.95. The Labute approximate surface area is 121 Å². The van der Waals surface area contributed by atoms with E-state index in [4.69, 9.17) is 5.73 Å². The van der Waals surface area contributed by atoms with E-state index in [0.29, 0.717) is 11.9 Å². The van der Waals surface area contributed by atoms with Crippen LogP contribution in [-0.4, -0.2) is 34.6 Å². The summed E-state index contributed by atoms with van der Waals surface area (Å²) in [5.74, 6) is 2.28. The van der Waals surface area contributed by atoms with Crippen LogP contribution in [-0.2, 0) is 0 Å². The molecule has 6 heteroatoms. The molecule has 1 aliphatic rings. The van der Waals surface area contributed by atoms with Crippen molar-refractivity contribution >= 4 is 17.8 Å². The Morgan fingerprint density at radius 1 is 1.10 bits per heavy atom. The van der Waals surface area contributed by atoms with Gasteiger partial charge in [0.2, 0.25) is 17.8 Å². The molecule has 6 nitrogen and oxygen atoms in total. The normalized spacial score (nSPS) is 16.1. The maximum atomic E-state index is 5.79. The lowest BCUT2D eigenvalue weighted by atomic mass is 9.89. The number of nitrogen functional groups attached to an aromatic ring is 1. The second-order valence-corrected chi connectivity index (χ2v) is 5.37. The van der Waals surface area contributed by atoms with E-state index in [9.17, 15) is 0 Å². The van der Waals surface area contributed by atoms with E-state index < -0.39 is 0 Å². The fourth-order valence-electron chi connectivity index (χ4n) is 2.73. The molecule has 0 unspecified atom stereocenters. The summed E-state index contributed by atoms with van der Waals surface area (Å²) < 4.78 is 0. The van der Waals surface area contributed by atoms with Gasteiger partial charge in [0.25, 0.3) is 0 Å². The minimum Gasteiger partial charge on any atom is -0.368 e. The van der Waals surface area contributed by atoms with Gasteiger partial charge in [-0.2, -0.15) is 15.0 Å². The molecule has 112 valence electrons. The lowest BCUT2D eigenvalue weighted by Crippen LogP contribution is -2.26. The predicted octanol–water partition coefficient (Wildman–Crippen LogP) is 2.29. The van der Waals surface area contributed by atoms with Gasteiger partial charge >= 0.3 is 0 Å². The minimum atomic E-state index is 0.285. The van der Waals surface area contributed by atoms with Gasteiger partial charge in [0.05, 0.1) is 0 Å². The molecule has 20 heavy (non-hydrogen) atoms. The zero-order valence-corrected chi connectivity index (χ0v) is 12.6. The first-order chi connectivity index (χ1) is 9.72. The molecule has 1 aliphatic carbocycles. The average Bonchev–Trinajstić information content (AvgIpc) is 2.47. The molecule has 1 aromatic heterocycles. The van der Waals surface area contributed by atoms with Gasteiger partial charge in [-0.1, -0.05) is 19.3 Å². The van der Waals surface area contributed by atoms with Crippen molar-refractivity contribution < 1.29 is 0 Å². The summed E-state index contributed by atoms with van der Waals surface area (Å²) in [6.45, 7) is 6.82. The molecular weight excluding hydrogens is 252 g/mol. The number of rotatable bonds is 6. The molecule has 1 heterocycles. The summed E-state index contributed by atoms with van der Waals surface area (Å²) >= 11 is 0. The molecule has 0 radical (unpaired) electrons. The monoisotopic (exact) mass is 278 g/mol. The minimum absolute atomic E-state index is 0.285. The van der Waals surface area contributed by atoms with E-state index in [2.05, 4.69) is 39.0 Å². The first-order valence-electron chi connectivity index (χ1n) is 7.73. The highest BCUT2D eigenvalue weighted by atomic mass is 15.3. The molecular formula is C14H26N6. The van der Waals surface area contributed by atoms with Gasteiger partial charge < -0.3 is 16.0 Å². The first-order valence-corrected chi connectivity index (χ1v) is 7.73. The smallest absolute Gasteiger partial charge is 0.231 e. The molecule has 0 aliphatic heterocycles. The van der Waals surface area contributed by atoms with Gasteiger partial charge in [0.15, 0.2) is 0 Å². The van der Waals surface area contributed by atoms with Crippen molar-refractivity contribution in [1.29, 1.82) is 0 Å². The van der Waals surface area contributed by atoms with Crippen LogP contribution >= 0.6 is 0 Å². The molecule has 0 atom stereocenters. The SMILES string of the molecule is CCN(CC)c1nc(N)nc(NCC2CCCCC2)n1. The summed E-state index contributed by atoms with van der Waals surface area (Å²) in [6, 6.07) is 0. The van der Waals surface area contributed by atoms with E-state index >= 15 is 0 Å². The van der Waals surface area contributed by atoms with Crippen LogP contribution in [0.1, 0.15) is 46.0 Å². The molecule has 0 amide bonds. The van der Waals surface area contributed by atoms with Gasteiger partial charge in [-0.15, -0.1) is 0 Å². The van der Waals surface area contributed by atoms with Crippen molar-refractivity contribution in [3.05, 3.63) is 0 Å². The van der Waals surface area contributed by atoms with Crippen molar-refractivity contribution in [1.82, 2.24) is 15.0 Å². The van der Waals surface area contributed by atoms with Crippen LogP contribution in [0.2, 0.25) is 0 Å². The number of anilines is 3. The Morgan fingerprint density at radius 3 is 2.45 bits per heavy atom. The lowest BCUT2D eigenvalue weighted by Gasteiger charge is -2.22.